The van der Waals surface area contributed by atoms with Gasteiger partial charge in [0.05, 0.1) is 26.1 Å². The van der Waals surface area contributed by atoms with Crippen molar-refractivity contribution in [1.82, 2.24) is 0 Å². The molecule has 2 N–H and O–H groups in total. The third-order valence-electron chi connectivity index (χ3n) is 3.40. The van der Waals surface area contributed by atoms with E-state index in [1.165, 1.54) is 14.2 Å². The number of esters is 2. The minimum atomic E-state index is -0.380. The summed E-state index contributed by atoms with van der Waals surface area (Å²) in [5.74, 6) is -1.47. The molecule has 5 nitrogen and oxygen atoms in total. The number of ether oxygens (including phenoxy) is 2. The number of methoxy groups -OCH3 is 2. The molecule has 0 amide bonds. The number of halogens is 1. The van der Waals surface area contributed by atoms with Crippen LogP contribution in [0.3, 0.4) is 0 Å². The van der Waals surface area contributed by atoms with E-state index in [1.807, 2.05) is 0 Å². The van der Waals surface area contributed by atoms with Crippen molar-refractivity contribution in [3.63, 3.8) is 0 Å². The van der Waals surface area contributed by atoms with Gasteiger partial charge in [-0.2, -0.15) is 0 Å². The molecular formula is C9H14ClNO4. The molecule has 0 aromatic heterocycles. The maximum Gasteiger partial charge on any atom is 0.310 e. The average Bonchev–Trinajstić information content (AvgIpc) is 3.03. The summed E-state index contributed by atoms with van der Waals surface area (Å²) in [6, 6.07) is -0.0595. The van der Waals surface area contributed by atoms with Crippen molar-refractivity contribution in [2.75, 3.05) is 14.2 Å². The van der Waals surface area contributed by atoms with Crippen molar-refractivity contribution < 1.29 is 19.1 Å². The van der Waals surface area contributed by atoms with Crippen LogP contribution >= 0.6 is 12.4 Å². The quantitative estimate of drug-likeness (QED) is 0.666. The van der Waals surface area contributed by atoms with E-state index in [1.54, 1.807) is 0 Å². The molecule has 0 heterocycles. The normalized spacial score (nSPS) is 40.3. The first kappa shape index (κ1) is 12.3. The first-order chi connectivity index (χ1) is 6.59. The lowest BCUT2D eigenvalue weighted by Gasteiger charge is -1.95. The Morgan fingerprint density at radius 3 is 1.73 bits per heavy atom. The van der Waals surface area contributed by atoms with Crippen LogP contribution in [-0.2, 0) is 19.1 Å². The van der Waals surface area contributed by atoms with Crippen LogP contribution in [0, 0.1) is 17.3 Å². The number of hydrogen-bond donors (Lipinski definition) is 1. The van der Waals surface area contributed by atoms with Gasteiger partial charge in [-0.15, -0.1) is 12.4 Å². The van der Waals surface area contributed by atoms with E-state index in [2.05, 4.69) is 9.47 Å². The maximum atomic E-state index is 11.3. The molecule has 2 aliphatic rings. The molecule has 0 bridgehead atoms. The first-order valence-electron chi connectivity index (χ1n) is 4.50. The van der Waals surface area contributed by atoms with Gasteiger partial charge in [-0.05, 0) is 6.42 Å². The van der Waals surface area contributed by atoms with Crippen molar-refractivity contribution in [3.05, 3.63) is 0 Å². The zero-order chi connectivity index (χ0) is 10.5. The predicted molar refractivity (Wildman–Crippen MR) is 53.3 cm³/mol. The Morgan fingerprint density at radius 2 is 1.53 bits per heavy atom. The number of hydrogen-bond acceptors (Lipinski definition) is 5. The third kappa shape index (κ3) is 1.41. The molecule has 0 aromatic carbocycles. The molecule has 2 aliphatic carbocycles. The van der Waals surface area contributed by atoms with Crippen LogP contribution < -0.4 is 5.73 Å². The molecule has 3 atom stereocenters. The Balaban J connectivity index is 0.00000112. The van der Waals surface area contributed by atoms with Crippen LogP contribution in [0.4, 0.5) is 0 Å². The van der Waals surface area contributed by atoms with Gasteiger partial charge in [0.2, 0.25) is 0 Å². The standard InChI is InChI=1S/C9H13NO4.ClH/c1-13-7(11)5-6(8(12)14-2)9(5)3-4(9)10;/h4-6H,3,10H2,1-2H3;1H/t4?,5-,6-;/m0./s1. The summed E-state index contributed by atoms with van der Waals surface area (Å²) in [7, 11) is 2.63. The van der Waals surface area contributed by atoms with Crippen LogP contribution in [0.2, 0.25) is 0 Å². The van der Waals surface area contributed by atoms with Gasteiger partial charge >= 0.3 is 11.9 Å². The van der Waals surface area contributed by atoms with Crippen molar-refractivity contribution in [1.29, 1.82) is 0 Å². The largest absolute Gasteiger partial charge is 0.469 e. The monoisotopic (exact) mass is 235 g/mol. The zero-order valence-corrected chi connectivity index (χ0v) is 9.37. The van der Waals surface area contributed by atoms with E-state index in [9.17, 15) is 9.59 Å². The van der Waals surface area contributed by atoms with Crippen LogP contribution in [0.5, 0.6) is 0 Å². The van der Waals surface area contributed by atoms with Crippen LogP contribution in [0.1, 0.15) is 6.42 Å². The fourth-order valence-electron chi connectivity index (χ4n) is 2.46. The minimum absolute atomic E-state index is 0. The van der Waals surface area contributed by atoms with Gasteiger partial charge in [-0.25, -0.2) is 0 Å². The number of nitrogens with two attached hydrogens (primary N) is 1. The molecule has 6 heteroatoms. The van der Waals surface area contributed by atoms with Gasteiger partial charge in [-0.3, -0.25) is 9.59 Å². The fourth-order valence-corrected chi connectivity index (χ4v) is 2.46. The smallest absolute Gasteiger partial charge is 0.310 e. The van der Waals surface area contributed by atoms with E-state index in [4.69, 9.17) is 5.73 Å². The summed E-state index contributed by atoms with van der Waals surface area (Å²) in [6.45, 7) is 0. The van der Waals surface area contributed by atoms with E-state index in [0.717, 1.165) is 0 Å². The highest BCUT2D eigenvalue weighted by atomic mass is 35.5. The van der Waals surface area contributed by atoms with Gasteiger partial charge in [-0.1, -0.05) is 0 Å². The third-order valence-corrected chi connectivity index (χ3v) is 3.40. The predicted octanol–water partition coefficient (Wildman–Crippen LogP) is -0.282. The summed E-state index contributed by atoms with van der Waals surface area (Å²) in [4.78, 5) is 22.6. The fraction of sp³-hybridized carbons (Fsp3) is 0.778. The molecular weight excluding hydrogens is 222 g/mol. The lowest BCUT2D eigenvalue weighted by atomic mass is 10.3. The summed E-state index contributed by atoms with van der Waals surface area (Å²) in [6.07, 6.45) is 0.715. The SMILES string of the molecule is COC(=O)[C@@H]1[C@@H](C(=O)OC)C12CC2N.Cl. The van der Waals surface area contributed by atoms with Crippen molar-refractivity contribution in [2.24, 2.45) is 23.0 Å². The molecule has 86 valence electrons. The first-order valence-corrected chi connectivity index (χ1v) is 4.50. The van der Waals surface area contributed by atoms with E-state index in [0.29, 0.717) is 6.42 Å². The molecule has 15 heavy (non-hydrogen) atoms. The summed E-state index contributed by atoms with van der Waals surface area (Å²) >= 11 is 0. The second-order valence-corrected chi connectivity index (χ2v) is 3.92. The van der Waals surface area contributed by atoms with Crippen molar-refractivity contribution in [2.45, 2.75) is 12.5 Å². The number of rotatable bonds is 2. The van der Waals surface area contributed by atoms with E-state index < -0.39 is 0 Å². The molecule has 0 saturated heterocycles. The Labute approximate surface area is 93.7 Å². The molecule has 1 spiro atoms. The molecule has 2 fully saturated rings. The highest BCUT2D eigenvalue weighted by Gasteiger charge is 2.83. The summed E-state index contributed by atoms with van der Waals surface area (Å²) in [5.41, 5.74) is 5.38. The van der Waals surface area contributed by atoms with Crippen molar-refractivity contribution in [3.8, 4) is 0 Å². The molecule has 1 unspecified atom stereocenters. The molecule has 2 rings (SSSR count). The Kier molecular flexibility index (Phi) is 2.98. The molecule has 0 aliphatic heterocycles. The number of carbonyl (C=O) groups is 2. The Bertz CT molecular complexity index is 284. The zero-order valence-electron chi connectivity index (χ0n) is 8.56. The van der Waals surface area contributed by atoms with Crippen LogP contribution in [0.15, 0.2) is 0 Å². The second kappa shape index (κ2) is 3.64. The lowest BCUT2D eigenvalue weighted by Crippen LogP contribution is -2.10. The Morgan fingerprint density at radius 1 is 1.20 bits per heavy atom. The highest BCUT2D eigenvalue weighted by molar-refractivity contribution is 5.91. The van der Waals surface area contributed by atoms with Gasteiger partial charge < -0.3 is 15.2 Å². The van der Waals surface area contributed by atoms with Gasteiger partial charge in [0.15, 0.2) is 0 Å². The van der Waals surface area contributed by atoms with Crippen LogP contribution in [-0.4, -0.2) is 32.2 Å². The van der Waals surface area contributed by atoms with Crippen molar-refractivity contribution >= 4 is 24.3 Å². The Hall–Kier alpha value is -0.810. The van der Waals surface area contributed by atoms with E-state index >= 15 is 0 Å². The minimum Gasteiger partial charge on any atom is -0.469 e. The summed E-state index contributed by atoms with van der Waals surface area (Å²) < 4.78 is 9.24. The lowest BCUT2D eigenvalue weighted by molar-refractivity contribution is -0.148. The van der Waals surface area contributed by atoms with Gasteiger partial charge in [0.1, 0.15) is 0 Å². The average molecular weight is 236 g/mol. The van der Waals surface area contributed by atoms with Gasteiger partial charge in [0, 0.05) is 11.5 Å². The molecule has 0 aromatic rings. The topological polar surface area (TPSA) is 78.6 Å². The molecule has 2 saturated carbocycles. The highest BCUT2D eigenvalue weighted by Crippen LogP contribution is 2.74. The van der Waals surface area contributed by atoms with E-state index in [-0.39, 0.29) is 47.6 Å². The maximum absolute atomic E-state index is 11.3. The molecule has 0 radical (unpaired) electrons. The second-order valence-electron chi connectivity index (χ2n) is 3.92. The van der Waals surface area contributed by atoms with Crippen LogP contribution in [0.25, 0.3) is 0 Å². The summed E-state index contributed by atoms with van der Waals surface area (Å²) in [5, 5.41) is 0. The number of carbonyl (C=O) groups excluding carboxylic acids is 2. The van der Waals surface area contributed by atoms with Gasteiger partial charge in [0.25, 0.3) is 0 Å².